The summed E-state index contributed by atoms with van der Waals surface area (Å²) in [5, 5.41) is 9.98. The molecule has 0 saturated heterocycles. The number of hydrogen-bond donors (Lipinski definition) is 3. The smallest absolute Gasteiger partial charge is 0.253 e. The van der Waals surface area contributed by atoms with E-state index in [9.17, 15) is 4.79 Å². The normalized spacial score (nSPS) is 11.0. The van der Waals surface area contributed by atoms with Crippen LogP contribution in [0.3, 0.4) is 0 Å². The van der Waals surface area contributed by atoms with Crippen LogP contribution >= 0.6 is 0 Å². The third-order valence-electron chi connectivity index (χ3n) is 4.04. The first kappa shape index (κ1) is 20.3. The Morgan fingerprint density at radius 3 is 2.30 bits per heavy atom. The van der Waals surface area contributed by atoms with Crippen LogP contribution in [0.4, 0.5) is 5.69 Å². The number of benzene rings is 2. The molecule has 0 fully saturated rings. The summed E-state index contributed by atoms with van der Waals surface area (Å²) in [6, 6.07) is 17.8. The van der Waals surface area contributed by atoms with E-state index >= 15 is 0 Å². The summed E-state index contributed by atoms with van der Waals surface area (Å²) < 4.78 is 0. The van der Waals surface area contributed by atoms with E-state index in [1.807, 2.05) is 42.5 Å². The average Bonchev–Trinajstić information content (AvgIpc) is 2.70. The van der Waals surface area contributed by atoms with Crippen molar-refractivity contribution in [1.82, 2.24) is 15.5 Å². The van der Waals surface area contributed by atoms with Crippen molar-refractivity contribution in [2.75, 3.05) is 39.5 Å². The Morgan fingerprint density at radius 2 is 1.67 bits per heavy atom. The fourth-order valence-corrected chi connectivity index (χ4v) is 2.51. The molecule has 0 unspecified atom stereocenters. The van der Waals surface area contributed by atoms with Crippen molar-refractivity contribution in [1.29, 1.82) is 0 Å². The van der Waals surface area contributed by atoms with Crippen molar-refractivity contribution < 1.29 is 4.79 Å². The number of nitrogens with zero attached hydrogens (tertiary/aromatic N) is 2. The molecule has 0 aliphatic rings. The molecule has 144 valence electrons. The van der Waals surface area contributed by atoms with Crippen LogP contribution < -0.4 is 16.0 Å². The maximum Gasteiger partial charge on any atom is 0.253 e. The minimum absolute atomic E-state index is 0.0103. The van der Waals surface area contributed by atoms with Gasteiger partial charge in [0.25, 0.3) is 5.91 Å². The number of anilines is 1. The van der Waals surface area contributed by atoms with Crippen molar-refractivity contribution in [2.45, 2.75) is 13.0 Å². The molecule has 6 heteroatoms. The summed E-state index contributed by atoms with van der Waals surface area (Å²) in [7, 11) is 5.27. The molecule has 6 nitrogen and oxygen atoms in total. The van der Waals surface area contributed by atoms with Crippen LogP contribution in [-0.4, -0.2) is 51.0 Å². The molecule has 2 aromatic rings. The van der Waals surface area contributed by atoms with Gasteiger partial charge in [0.2, 0.25) is 0 Å². The number of hydrogen-bond acceptors (Lipinski definition) is 3. The Kier molecular flexibility index (Phi) is 8.16. The van der Waals surface area contributed by atoms with Crippen molar-refractivity contribution in [3.8, 4) is 0 Å². The minimum Gasteiger partial charge on any atom is -0.385 e. The van der Waals surface area contributed by atoms with Gasteiger partial charge in [0.15, 0.2) is 5.96 Å². The predicted octanol–water partition coefficient (Wildman–Crippen LogP) is 2.56. The number of amides is 1. The van der Waals surface area contributed by atoms with Crippen LogP contribution in [0.25, 0.3) is 0 Å². The Bertz CT molecular complexity index is 726. The second-order valence-electron chi connectivity index (χ2n) is 6.40. The van der Waals surface area contributed by atoms with Gasteiger partial charge in [-0.25, -0.2) is 0 Å². The standard InChI is InChI=1S/C21H29N5O/c1-22-21(24-15-7-14-23-19-8-5-4-6-9-19)25-16-17-10-12-18(13-11-17)20(27)26(2)3/h4-6,8-13,23H,7,14-16H2,1-3H3,(H2,22,24,25). The van der Waals surface area contributed by atoms with E-state index in [4.69, 9.17) is 0 Å². The monoisotopic (exact) mass is 367 g/mol. The first-order valence-corrected chi connectivity index (χ1v) is 9.14. The highest BCUT2D eigenvalue weighted by atomic mass is 16.2. The third-order valence-corrected chi connectivity index (χ3v) is 4.04. The fraction of sp³-hybridized carbons (Fsp3) is 0.333. The Labute approximate surface area is 161 Å². The molecule has 2 rings (SSSR count). The van der Waals surface area contributed by atoms with E-state index in [2.05, 4.69) is 33.1 Å². The molecule has 0 heterocycles. The summed E-state index contributed by atoms with van der Waals surface area (Å²) >= 11 is 0. The zero-order valence-electron chi connectivity index (χ0n) is 16.3. The highest BCUT2D eigenvalue weighted by Gasteiger charge is 2.07. The van der Waals surface area contributed by atoms with Gasteiger partial charge >= 0.3 is 0 Å². The molecule has 2 aromatic carbocycles. The van der Waals surface area contributed by atoms with E-state index in [1.165, 1.54) is 0 Å². The van der Waals surface area contributed by atoms with Gasteiger partial charge in [-0.3, -0.25) is 9.79 Å². The van der Waals surface area contributed by atoms with Gasteiger partial charge < -0.3 is 20.9 Å². The SMILES string of the molecule is CN=C(NCCCNc1ccccc1)NCc1ccc(C(=O)N(C)C)cc1. The molecule has 27 heavy (non-hydrogen) atoms. The summed E-state index contributed by atoms with van der Waals surface area (Å²) in [6.45, 7) is 2.38. The molecule has 0 spiro atoms. The zero-order valence-corrected chi connectivity index (χ0v) is 16.3. The molecule has 0 aromatic heterocycles. The molecular formula is C21H29N5O. The lowest BCUT2D eigenvalue weighted by molar-refractivity contribution is 0.0827. The highest BCUT2D eigenvalue weighted by molar-refractivity contribution is 5.93. The molecule has 0 aliphatic carbocycles. The third kappa shape index (κ3) is 7.01. The van der Waals surface area contributed by atoms with Crippen molar-refractivity contribution in [3.05, 3.63) is 65.7 Å². The summed E-state index contributed by atoms with van der Waals surface area (Å²) in [5.74, 6) is 0.777. The van der Waals surface area contributed by atoms with Crippen molar-refractivity contribution >= 4 is 17.6 Å². The topological polar surface area (TPSA) is 68.8 Å². The van der Waals surface area contributed by atoms with Crippen LogP contribution in [0.5, 0.6) is 0 Å². The lowest BCUT2D eigenvalue weighted by atomic mass is 10.1. The molecular weight excluding hydrogens is 338 g/mol. The molecule has 0 aliphatic heterocycles. The van der Waals surface area contributed by atoms with Gasteiger partial charge in [-0.15, -0.1) is 0 Å². The number of aliphatic imine (C=N–C) groups is 1. The Hall–Kier alpha value is -3.02. The molecule has 0 saturated carbocycles. The van der Waals surface area contributed by atoms with Crippen LogP contribution in [0.1, 0.15) is 22.3 Å². The van der Waals surface area contributed by atoms with E-state index in [0.717, 1.165) is 36.7 Å². The molecule has 1 amide bonds. The first-order valence-electron chi connectivity index (χ1n) is 9.14. The van der Waals surface area contributed by atoms with Crippen LogP contribution in [0, 0.1) is 0 Å². The summed E-state index contributed by atoms with van der Waals surface area (Å²) in [4.78, 5) is 17.7. The molecule has 0 radical (unpaired) electrons. The summed E-state index contributed by atoms with van der Waals surface area (Å²) in [5.41, 5.74) is 2.92. The fourth-order valence-electron chi connectivity index (χ4n) is 2.51. The van der Waals surface area contributed by atoms with Gasteiger partial charge in [0.05, 0.1) is 0 Å². The van der Waals surface area contributed by atoms with Gasteiger partial charge in [0.1, 0.15) is 0 Å². The maximum absolute atomic E-state index is 11.9. The van der Waals surface area contributed by atoms with Crippen LogP contribution in [0.2, 0.25) is 0 Å². The second-order valence-corrected chi connectivity index (χ2v) is 6.40. The first-order chi connectivity index (χ1) is 13.1. The predicted molar refractivity (Wildman–Crippen MR) is 112 cm³/mol. The number of carbonyl (C=O) groups is 1. The average molecular weight is 367 g/mol. The Morgan fingerprint density at radius 1 is 0.963 bits per heavy atom. The quantitative estimate of drug-likeness (QED) is 0.381. The number of para-hydroxylation sites is 1. The van der Waals surface area contributed by atoms with E-state index in [1.54, 1.807) is 26.0 Å². The lowest BCUT2D eigenvalue weighted by Gasteiger charge is -2.13. The Balaban J connectivity index is 1.68. The molecule has 0 bridgehead atoms. The largest absolute Gasteiger partial charge is 0.385 e. The number of guanidine groups is 1. The van der Waals surface area contributed by atoms with Gasteiger partial charge in [-0.05, 0) is 36.2 Å². The van der Waals surface area contributed by atoms with Gasteiger partial charge in [0, 0.05) is 52.0 Å². The number of nitrogens with one attached hydrogen (secondary N) is 3. The summed E-state index contributed by atoms with van der Waals surface area (Å²) in [6.07, 6.45) is 0.983. The van der Waals surface area contributed by atoms with E-state index in [-0.39, 0.29) is 5.91 Å². The number of carbonyl (C=O) groups excluding carboxylic acids is 1. The minimum atomic E-state index is 0.0103. The maximum atomic E-state index is 11.9. The lowest BCUT2D eigenvalue weighted by Crippen LogP contribution is -2.37. The van der Waals surface area contributed by atoms with Crippen LogP contribution in [-0.2, 0) is 6.54 Å². The van der Waals surface area contributed by atoms with E-state index in [0.29, 0.717) is 12.1 Å². The number of rotatable bonds is 8. The second kappa shape index (κ2) is 10.9. The van der Waals surface area contributed by atoms with Crippen LogP contribution in [0.15, 0.2) is 59.6 Å². The van der Waals surface area contributed by atoms with Crippen molar-refractivity contribution in [2.24, 2.45) is 4.99 Å². The van der Waals surface area contributed by atoms with Gasteiger partial charge in [-0.2, -0.15) is 0 Å². The highest BCUT2D eigenvalue weighted by Crippen LogP contribution is 2.06. The van der Waals surface area contributed by atoms with Gasteiger partial charge in [-0.1, -0.05) is 30.3 Å². The molecule has 3 N–H and O–H groups in total. The van der Waals surface area contributed by atoms with E-state index < -0.39 is 0 Å². The zero-order chi connectivity index (χ0) is 19.5. The van der Waals surface area contributed by atoms with Crippen molar-refractivity contribution in [3.63, 3.8) is 0 Å². The molecule has 0 atom stereocenters.